The minimum atomic E-state index is -0.345. The number of nitrogens with zero attached hydrogens (tertiary/aromatic N) is 1. The van der Waals surface area contributed by atoms with Gasteiger partial charge in [0.2, 0.25) is 0 Å². The zero-order chi connectivity index (χ0) is 21.3. The molecule has 152 valence electrons. The first-order chi connectivity index (χ1) is 14.2. The van der Waals surface area contributed by atoms with Crippen molar-refractivity contribution in [1.29, 1.82) is 0 Å². The number of benzene rings is 3. The van der Waals surface area contributed by atoms with Crippen LogP contribution in [0.25, 0.3) is 27.5 Å². The van der Waals surface area contributed by atoms with E-state index in [1.54, 1.807) is 0 Å². The van der Waals surface area contributed by atoms with E-state index in [9.17, 15) is 0 Å². The van der Waals surface area contributed by atoms with Gasteiger partial charge in [0.1, 0.15) is 0 Å². The van der Waals surface area contributed by atoms with Crippen LogP contribution in [0.4, 0.5) is 0 Å². The van der Waals surface area contributed by atoms with Crippen molar-refractivity contribution in [3.8, 4) is 5.69 Å². The summed E-state index contributed by atoms with van der Waals surface area (Å²) in [7, 11) is -0.345. The molecule has 0 aliphatic carbocycles. The molecular weight excluding hydrogens is 369 g/mol. The van der Waals surface area contributed by atoms with Crippen LogP contribution < -0.4 is 5.46 Å². The van der Waals surface area contributed by atoms with Crippen LogP contribution in [-0.2, 0) is 9.31 Å². The molecule has 1 aliphatic rings. The highest BCUT2D eigenvalue weighted by Crippen LogP contribution is 2.37. The smallest absolute Gasteiger partial charge is 0.399 e. The van der Waals surface area contributed by atoms with Crippen molar-refractivity contribution in [2.24, 2.45) is 0 Å². The van der Waals surface area contributed by atoms with Gasteiger partial charge in [0.25, 0.3) is 0 Å². The molecule has 0 amide bonds. The number of fused-ring (bicyclic) bond motifs is 3. The Balaban J connectivity index is 1.68. The van der Waals surface area contributed by atoms with E-state index in [0.29, 0.717) is 0 Å². The maximum absolute atomic E-state index is 6.35. The molecule has 0 unspecified atom stereocenters. The van der Waals surface area contributed by atoms with Crippen molar-refractivity contribution in [2.45, 2.75) is 52.7 Å². The average molecular weight is 397 g/mol. The van der Waals surface area contributed by atoms with Crippen molar-refractivity contribution >= 4 is 34.4 Å². The first-order valence-corrected chi connectivity index (χ1v) is 10.6. The molecule has 0 radical (unpaired) electrons. The van der Waals surface area contributed by atoms with Gasteiger partial charge in [-0.2, -0.15) is 0 Å². The molecule has 0 atom stereocenters. The SMILES string of the molecule is Cc1cc(-n2c3ccccc3c3ccccc32)cc(C)c1B1OC(C)(C)C(C)(C)O1. The molecule has 2 heterocycles. The Labute approximate surface area is 178 Å². The summed E-state index contributed by atoms with van der Waals surface area (Å²) in [5.41, 5.74) is 6.43. The topological polar surface area (TPSA) is 23.4 Å². The van der Waals surface area contributed by atoms with Gasteiger partial charge in [-0.25, -0.2) is 0 Å². The second-order valence-corrected chi connectivity index (χ2v) is 9.45. The maximum Gasteiger partial charge on any atom is 0.495 e. The van der Waals surface area contributed by atoms with Crippen LogP contribution in [0.5, 0.6) is 0 Å². The van der Waals surface area contributed by atoms with E-state index in [0.717, 1.165) is 5.46 Å². The van der Waals surface area contributed by atoms with Crippen molar-refractivity contribution < 1.29 is 9.31 Å². The molecule has 3 aromatic carbocycles. The third-order valence-corrected chi connectivity index (χ3v) is 6.91. The van der Waals surface area contributed by atoms with E-state index in [1.165, 1.54) is 38.6 Å². The minimum absolute atomic E-state index is 0.345. The molecule has 0 bridgehead atoms. The number of aromatic nitrogens is 1. The van der Waals surface area contributed by atoms with Crippen LogP contribution in [0.15, 0.2) is 60.7 Å². The first kappa shape index (κ1) is 19.4. The van der Waals surface area contributed by atoms with Gasteiger partial charge >= 0.3 is 7.12 Å². The van der Waals surface area contributed by atoms with E-state index in [4.69, 9.17) is 9.31 Å². The molecule has 4 heteroatoms. The van der Waals surface area contributed by atoms with Crippen LogP contribution in [0, 0.1) is 13.8 Å². The Hall–Kier alpha value is -2.56. The van der Waals surface area contributed by atoms with Gasteiger partial charge in [-0.05, 0) is 82.4 Å². The third-order valence-electron chi connectivity index (χ3n) is 6.91. The largest absolute Gasteiger partial charge is 0.495 e. The predicted molar refractivity (Wildman–Crippen MR) is 126 cm³/mol. The van der Waals surface area contributed by atoms with Gasteiger partial charge in [0.05, 0.1) is 22.2 Å². The summed E-state index contributed by atoms with van der Waals surface area (Å²) in [6, 6.07) is 21.7. The molecule has 1 fully saturated rings. The van der Waals surface area contributed by atoms with Gasteiger partial charge in [-0.3, -0.25) is 0 Å². The lowest BCUT2D eigenvalue weighted by Gasteiger charge is -2.32. The second kappa shape index (κ2) is 6.47. The zero-order valence-corrected chi connectivity index (χ0v) is 18.6. The third kappa shape index (κ3) is 2.74. The van der Waals surface area contributed by atoms with Crippen LogP contribution in [0.2, 0.25) is 0 Å². The highest BCUT2D eigenvalue weighted by molar-refractivity contribution is 6.63. The Morgan fingerprint density at radius 2 is 1.13 bits per heavy atom. The summed E-state index contributed by atoms with van der Waals surface area (Å²) in [6.45, 7) is 12.7. The second-order valence-electron chi connectivity index (χ2n) is 9.45. The van der Waals surface area contributed by atoms with Crippen LogP contribution in [0.3, 0.4) is 0 Å². The Bertz CT molecular complexity index is 1190. The fourth-order valence-corrected chi connectivity index (χ4v) is 4.61. The minimum Gasteiger partial charge on any atom is -0.399 e. The average Bonchev–Trinajstić information content (AvgIpc) is 3.11. The molecule has 5 rings (SSSR count). The number of para-hydroxylation sites is 2. The number of hydrogen-bond acceptors (Lipinski definition) is 2. The fourth-order valence-electron chi connectivity index (χ4n) is 4.61. The lowest BCUT2D eigenvalue weighted by Crippen LogP contribution is -2.41. The van der Waals surface area contributed by atoms with Crippen molar-refractivity contribution in [2.75, 3.05) is 0 Å². The number of rotatable bonds is 2. The lowest BCUT2D eigenvalue weighted by molar-refractivity contribution is 0.00578. The summed E-state index contributed by atoms with van der Waals surface area (Å²) >= 11 is 0. The van der Waals surface area contributed by atoms with E-state index in [1.807, 2.05) is 0 Å². The van der Waals surface area contributed by atoms with E-state index >= 15 is 0 Å². The quantitative estimate of drug-likeness (QED) is 0.405. The summed E-state index contributed by atoms with van der Waals surface area (Å²) in [4.78, 5) is 0. The van der Waals surface area contributed by atoms with E-state index in [2.05, 4.69) is 107 Å². The fraction of sp³-hybridized carbons (Fsp3) is 0.308. The Kier molecular flexibility index (Phi) is 4.19. The first-order valence-electron chi connectivity index (χ1n) is 10.6. The Morgan fingerprint density at radius 1 is 0.700 bits per heavy atom. The molecule has 3 nitrogen and oxygen atoms in total. The standard InChI is InChI=1S/C26H28BNO2/c1-17-15-19(16-18(2)24(17)27-29-25(3,4)26(5,6)30-27)28-22-13-9-7-11-20(22)21-12-8-10-14-23(21)28/h7-16H,1-6H3. The van der Waals surface area contributed by atoms with Crippen molar-refractivity contribution in [1.82, 2.24) is 4.57 Å². The molecule has 4 aromatic rings. The number of aryl methyl sites for hydroxylation is 2. The highest BCUT2D eigenvalue weighted by atomic mass is 16.7. The van der Waals surface area contributed by atoms with Crippen LogP contribution in [0.1, 0.15) is 38.8 Å². The summed E-state index contributed by atoms with van der Waals surface area (Å²) in [5.74, 6) is 0. The van der Waals surface area contributed by atoms with Gasteiger partial charge in [-0.1, -0.05) is 36.4 Å². The Morgan fingerprint density at radius 3 is 1.60 bits per heavy atom. The molecule has 0 saturated carbocycles. The van der Waals surface area contributed by atoms with Gasteiger partial charge in [0, 0.05) is 16.5 Å². The molecule has 0 spiro atoms. The van der Waals surface area contributed by atoms with Gasteiger partial charge in [-0.15, -0.1) is 0 Å². The summed E-state index contributed by atoms with van der Waals surface area (Å²) < 4.78 is 15.1. The monoisotopic (exact) mass is 397 g/mol. The summed E-state index contributed by atoms with van der Waals surface area (Å²) in [5, 5.41) is 2.55. The highest BCUT2D eigenvalue weighted by Gasteiger charge is 2.52. The zero-order valence-electron chi connectivity index (χ0n) is 18.6. The van der Waals surface area contributed by atoms with E-state index in [-0.39, 0.29) is 18.3 Å². The van der Waals surface area contributed by atoms with Crippen molar-refractivity contribution in [3.63, 3.8) is 0 Å². The molecular formula is C26H28BNO2. The molecule has 1 saturated heterocycles. The normalized spacial score (nSPS) is 17.9. The van der Waals surface area contributed by atoms with E-state index < -0.39 is 0 Å². The molecule has 0 N–H and O–H groups in total. The molecule has 1 aromatic heterocycles. The molecule has 1 aliphatic heterocycles. The summed E-state index contributed by atoms with van der Waals surface area (Å²) in [6.07, 6.45) is 0. The maximum atomic E-state index is 6.35. The lowest BCUT2D eigenvalue weighted by atomic mass is 9.73. The molecule has 30 heavy (non-hydrogen) atoms. The van der Waals surface area contributed by atoms with Crippen LogP contribution >= 0.6 is 0 Å². The predicted octanol–water partition coefficient (Wildman–Crippen LogP) is 5.70. The van der Waals surface area contributed by atoms with Crippen LogP contribution in [-0.4, -0.2) is 22.9 Å². The number of hydrogen-bond donors (Lipinski definition) is 0. The van der Waals surface area contributed by atoms with Gasteiger partial charge < -0.3 is 13.9 Å². The van der Waals surface area contributed by atoms with Crippen molar-refractivity contribution in [3.05, 3.63) is 71.8 Å². The van der Waals surface area contributed by atoms with Gasteiger partial charge in [0.15, 0.2) is 0 Å².